The Hall–Kier alpha value is -2.27. The minimum absolute atomic E-state index is 0.625. The van der Waals surface area contributed by atoms with Crippen LogP contribution in [0.1, 0.15) is 30.7 Å². The van der Waals surface area contributed by atoms with E-state index in [1.807, 2.05) is 12.1 Å². The molecule has 0 bridgehead atoms. The number of rotatable bonds is 8. The molecule has 0 amide bonds. The fourth-order valence-corrected chi connectivity index (χ4v) is 2.35. The first-order valence-electron chi connectivity index (χ1n) is 8.52. The van der Waals surface area contributed by atoms with Gasteiger partial charge >= 0.3 is 0 Å². The van der Waals surface area contributed by atoms with E-state index >= 15 is 0 Å². The molecule has 0 unspecified atom stereocenters. The van der Waals surface area contributed by atoms with Crippen molar-refractivity contribution in [2.24, 2.45) is 4.99 Å². The Labute approximate surface area is 144 Å². The first-order chi connectivity index (χ1) is 11.7. The van der Waals surface area contributed by atoms with Crippen molar-refractivity contribution < 1.29 is 4.42 Å². The van der Waals surface area contributed by atoms with Gasteiger partial charge in [0.1, 0.15) is 5.76 Å². The molecule has 0 atom stereocenters. The molecule has 130 valence electrons. The summed E-state index contributed by atoms with van der Waals surface area (Å²) >= 11 is 0. The van der Waals surface area contributed by atoms with Gasteiger partial charge in [-0.15, -0.1) is 0 Å². The van der Waals surface area contributed by atoms with E-state index in [4.69, 9.17) is 4.42 Å². The fourth-order valence-electron chi connectivity index (χ4n) is 2.35. The average Bonchev–Trinajstić information content (AvgIpc) is 3.11. The summed E-state index contributed by atoms with van der Waals surface area (Å²) in [6, 6.07) is 12.5. The molecular weight excluding hydrogens is 300 g/mol. The minimum Gasteiger partial charge on any atom is -0.467 e. The normalized spacial score (nSPS) is 11.8. The van der Waals surface area contributed by atoms with E-state index in [0.29, 0.717) is 13.1 Å². The number of furan rings is 1. The van der Waals surface area contributed by atoms with E-state index in [2.05, 4.69) is 65.7 Å². The maximum atomic E-state index is 5.34. The minimum atomic E-state index is 0.625. The number of hydrogen-bond donors (Lipinski definition) is 2. The lowest BCUT2D eigenvalue weighted by atomic mass is 10.1. The van der Waals surface area contributed by atoms with Crippen molar-refractivity contribution in [1.29, 1.82) is 0 Å². The van der Waals surface area contributed by atoms with Crippen LogP contribution in [0.5, 0.6) is 0 Å². The second kappa shape index (κ2) is 9.78. The molecule has 2 N–H and O–H groups in total. The number of hydrogen-bond acceptors (Lipinski definition) is 3. The van der Waals surface area contributed by atoms with E-state index < -0.39 is 0 Å². The first kappa shape index (κ1) is 18.1. The van der Waals surface area contributed by atoms with Gasteiger partial charge in [0.25, 0.3) is 0 Å². The van der Waals surface area contributed by atoms with Gasteiger partial charge in [-0.3, -0.25) is 0 Å². The average molecular weight is 328 g/mol. The summed E-state index contributed by atoms with van der Waals surface area (Å²) in [5, 5.41) is 6.55. The van der Waals surface area contributed by atoms with Crippen LogP contribution in [0.4, 0.5) is 0 Å². The lowest BCUT2D eigenvalue weighted by Crippen LogP contribution is -2.36. The van der Waals surface area contributed by atoms with Crippen molar-refractivity contribution >= 4 is 5.96 Å². The Bertz CT molecular complexity index is 622. The molecule has 1 aromatic carbocycles. The standard InChI is InChI=1S/C19H28N4O/c1-4-20-19(22-14-18-10-7-11-24-18)21-13-16-8-6-9-17(12-16)15-23(3)5-2/h6-12H,4-5,13-15H2,1-3H3,(H2,20,21,22). The molecule has 0 aliphatic carbocycles. The van der Waals surface area contributed by atoms with E-state index in [-0.39, 0.29) is 0 Å². The van der Waals surface area contributed by atoms with Gasteiger partial charge in [-0.05, 0) is 43.8 Å². The number of nitrogens with one attached hydrogen (secondary N) is 2. The van der Waals surface area contributed by atoms with Crippen molar-refractivity contribution in [2.75, 3.05) is 20.1 Å². The summed E-state index contributed by atoms with van der Waals surface area (Å²) in [5.41, 5.74) is 2.54. The topological polar surface area (TPSA) is 52.8 Å². The van der Waals surface area contributed by atoms with Crippen molar-refractivity contribution in [3.05, 3.63) is 59.5 Å². The van der Waals surface area contributed by atoms with Crippen LogP contribution in [0.3, 0.4) is 0 Å². The summed E-state index contributed by atoms with van der Waals surface area (Å²) in [4.78, 5) is 6.95. The Morgan fingerprint density at radius 1 is 1.12 bits per heavy atom. The van der Waals surface area contributed by atoms with Crippen LogP contribution in [0.25, 0.3) is 0 Å². The van der Waals surface area contributed by atoms with Crippen LogP contribution < -0.4 is 10.6 Å². The maximum absolute atomic E-state index is 5.34. The van der Waals surface area contributed by atoms with Crippen LogP contribution in [-0.4, -0.2) is 31.0 Å². The second-order valence-electron chi connectivity index (χ2n) is 5.78. The van der Waals surface area contributed by atoms with Gasteiger partial charge < -0.3 is 20.0 Å². The molecule has 0 fully saturated rings. The zero-order valence-electron chi connectivity index (χ0n) is 14.9. The molecule has 5 heteroatoms. The van der Waals surface area contributed by atoms with Crippen molar-refractivity contribution in [3.63, 3.8) is 0 Å². The van der Waals surface area contributed by atoms with Gasteiger partial charge in [-0.1, -0.05) is 31.2 Å². The fraction of sp³-hybridized carbons (Fsp3) is 0.421. The smallest absolute Gasteiger partial charge is 0.191 e. The van der Waals surface area contributed by atoms with Gasteiger partial charge in [-0.25, -0.2) is 4.99 Å². The molecule has 5 nitrogen and oxygen atoms in total. The van der Waals surface area contributed by atoms with E-state index in [1.54, 1.807) is 6.26 Å². The number of guanidine groups is 1. The molecule has 2 aromatic rings. The quantitative estimate of drug-likeness (QED) is 0.578. The third-order valence-corrected chi connectivity index (χ3v) is 3.76. The summed E-state index contributed by atoms with van der Waals surface area (Å²) in [6.07, 6.45) is 1.68. The highest BCUT2D eigenvalue weighted by atomic mass is 16.3. The number of aliphatic imine (C=N–C) groups is 1. The van der Waals surface area contributed by atoms with Crippen LogP contribution >= 0.6 is 0 Å². The van der Waals surface area contributed by atoms with Gasteiger partial charge in [-0.2, -0.15) is 0 Å². The Balaban J connectivity index is 1.95. The predicted octanol–water partition coefficient (Wildman–Crippen LogP) is 2.99. The lowest BCUT2D eigenvalue weighted by molar-refractivity contribution is 0.345. The third-order valence-electron chi connectivity index (χ3n) is 3.76. The van der Waals surface area contributed by atoms with Crippen LogP contribution in [-0.2, 0) is 19.6 Å². The summed E-state index contributed by atoms with van der Waals surface area (Å²) < 4.78 is 5.34. The Morgan fingerprint density at radius 3 is 2.67 bits per heavy atom. The van der Waals surface area contributed by atoms with Crippen LogP contribution in [0.15, 0.2) is 52.1 Å². The largest absolute Gasteiger partial charge is 0.467 e. The maximum Gasteiger partial charge on any atom is 0.191 e. The van der Waals surface area contributed by atoms with Gasteiger partial charge in [0.15, 0.2) is 5.96 Å². The Morgan fingerprint density at radius 2 is 1.96 bits per heavy atom. The van der Waals surface area contributed by atoms with Crippen molar-refractivity contribution in [3.8, 4) is 0 Å². The highest BCUT2D eigenvalue weighted by Crippen LogP contribution is 2.09. The molecule has 1 aromatic heterocycles. The highest BCUT2D eigenvalue weighted by Gasteiger charge is 2.02. The SMILES string of the molecule is CCNC(=NCc1cccc(CN(C)CC)c1)NCc1ccco1. The highest BCUT2D eigenvalue weighted by molar-refractivity contribution is 5.79. The second-order valence-corrected chi connectivity index (χ2v) is 5.78. The monoisotopic (exact) mass is 328 g/mol. The Kier molecular flexibility index (Phi) is 7.36. The van der Waals surface area contributed by atoms with E-state index in [0.717, 1.165) is 31.4 Å². The van der Waals surface area contributed by atoms with E-state index in [9.17, 15) is 0 Å². The van der Waals surface area contributed by atoms with Gasteiger partial charge in [0.05, 0.1) is 19.4 Å². The number of nitrogens with zero attached hydrogens (tertiary/aromatic N) is 2. The molecule has 24 heavy (non-hydrogen) atoms. The first-order valence-corrected chi connectivity index (χ1v) is 8.52. The van der Waals surface area contributed by atoms with Crippen molar-refractivity contribution in [2.45, 2.75) is 33.5 Å². The molecule has 0 spiro atoms. The molecule has 1 heterocycles. The molecule has 0 aliphatic rings. The summed E-state index contributed by atoms with van der Waals surface area (Å²) in [5.74, 6) is 1.69. The molecule has 0 saturated heterocycles. The van der Waals surface area contributed by atoms with Gasteiger partial charge in [0.2, 0.25) is 0 Å². The van der Waals surface area contributed by atoms with Crippen LogP contribution in [0.2, 0.25) is 0 Å². The molecular formula is C19H28N4O. The third kappa shape index (κ3) is 6.08. The zero-order valence-corrected chi connectivity index (χ0v) is 14.9. The molecule has 0 aliphatic heterocycles. The van der Waals surface area contributed by atoms with Gasteiger partial charge in [0, 0.05) is 13.1 Å². The summed E-state index contributed by atoms with van der Waals surface area (Å²) in [7, 11) is 2.13. The lowest BCUT2D eigenvalue weighted by Gasteiger charge is -2.14. The predicted molar refractivity (Wildman–Crippen MR) is 98.8 cm³/mol. The van der Waals surface area contributed by atoms with Crippen LogP contribution in [0, 0.1) is 0 Å². The van der Waals surface area contributed by atoms with Crippen molar-refractivity contribution in [1.82, 2.24) is 15.5 Å². The molecule has 0 saturated carbocycles. The summed E-state index contributed by atoms with van der Waals surface area (Å²) in [6.45, 7) is 8.34. The number of benzene rings is 1. The zero-order chi connectivity index (χ0) is 17.2. The molecule has 2 rings (SSSR count). The molecule has 0 radical (unpaired) electrons. The van der Waals surface area contributed by atoms with E-state index in [1.165, 1.54) is 11.1 Å².